The van der Waals surface area contributed by atoms with Crippen LogP contribution >= 0.6 is 0 Å². The van der Waals surface area contributed by atoms with Crippen LogP contribution in [0.3, 0.4) is 0 Å². The van der Waals surface area contributed by atoms with Gasteiger partial charge in [-0.3, -0.25) is 9.59 Å². The van der Waals surface area contributed by atoms with Crippen molar-refractivity contribution in [2.45, 2.75) is 19.8 Å². The van der Waals surface area contributed by atoms with Gasteiger partial charge in [0.1, 0.15) is 0 Å². The van der Waals surface area contributed by atoms with Crippen LogP contribution in [0.25, 0.3) is 0 Å². The summed E-state index contributed by atoms with van der Waals surface area (Å²) in [6.45, 7) is 5.58. The minimum Gasteiger partial charge on any atom is -0.454 e. The molecular weight excluding hydrogens is 324 g/mol. The first-order chi connectivity index (χ1) is 12.2. The van der Waals surface area contributed by atoms with E-state index in [4.69, 9.17) is 14.2 Å². The van der Waals surface area contributed by atoms with Crippen molar-refractivity contribution < 1.29 is 23.8 Å². The van der Waals surface area contributed by atoms with Gasteiger partial charge in [-0.2, -0.15) is 0 Å². The summed E-state index contributed by atoms with van der Waals surface area (Å²) >= 11 is 0. The van der Waals surface area contributed by atoms with Crippen LogP contribution in [-0.4, -0.2) is 67.8 Å². The standard InChI is InChI=1S/C18H24N2O5/c1-2-23-11-6-17(21)19-7-3-8-20(10-9-19)18(22)14-4-5-15-16(12-14)25-13-24-15/h4-5,12H,2-3,6-11,13H2,1H3. The van der Waals surface area contributed by atoms with Crippen molar-refractivity contribution in [3.05, 3.63) is 23.8 Å². The van der Waals surface area contributed by atoms with E-state index in [1.807, 2.05) is 11.8 Å². The van der Waals surface area contributed by atoms with E-state index in [1.54, 1.807) is 23.1 Å². The topological polar surface area (TPSA) is 68.3 Å². The van der Waals surface area contributed by atoms with E-state index >= 15 is 0 Å². The van der Waals surface area contributed by atoms with Crippen molar-refractivity contribution in [3.63, 3.8) is 0 Å². The first-order valence-corrected chi connectivity index (χ1v) is 8.73. The van der Waals surface area contributed by atoms with Gasteiger partial charge in [-0.05, 0) is 31.5 Å². The van der Waals surface area contributed by atoms with Crippen LogP contribution in [0.1, 0.15) is 30.1 Å². The van der Waals surface area contributed by atoms with Gasteiger partial charge in [-0.1, -0.05) is 0 Å². The molecule has 1 aromatic rings. The highest BCUT2D eigenvalue weighted by Gasteiger charge is 2.24. The zero-order chi connectivity index (χ0) is 17.6. The third-order valence-electron chi connectivity index (χ3n) is 4.42. The van der Waals surface area contributed by atoms with Crippen LogP contribution in [0, 0.1) is 0 Å². The lowest BCUT2D eigenvalue weighted by Crippen LogP contribution is -2.37. The molecule has 1 saturated heterocycles. The molecule has 0 aromatic heterocycles. The Morgan fingerprint density at radius 1 is 1.08 bits per heavy atom. The molecule has 2 amide bonds. The van der Waals surface area contributed by atoms with E-state index in [1.165, 1.54) is 0 Å². The molecule has 2 aliphatic rings. The number of ether oxygens (including phenoxy) is 3. The number of carbonyl (C=O) groups is 2. The normalized spacial score (nSPS) is 16.7. The smallest absolute Gasteiger partial charge is 0.254 e. The second-order valence-corrected chi connectivity index (χ2v) is 6.04. The maximum atomic E-state index is 12.7. The van der Waals surface area contributed by atoms with Gasteiger partial charge in [0.2, 0.25) is 12.7 Å². The summed E-state index contributed by atoms with van der Waals surface area (Å²) in [5, 5.41) is 0. The molecular formula is C18H24N2O5. The summed E-state index contributed by atoms with van der Waals surface area (Å²) in [4.78, 5) is 28.6. The minimum atomic E-state index is -0.0399. The Kier molecular flexibility index (Phi) is 5.75. The molecule has 2 heterocycles. The highest BCUT2D eigenvalue weighted by atomic mass is 16.7. The van der Waals surface area contributed by atoms with Gasteiger partial charge >= 0.3 is 0 Å². The minimum absolute atomic E-state index is 0.0399. The molecule has 0 atom stereocenters. The number of carbonyl (C=O) groups excluding carboxylic acids is 2. The first kappa shape index (κ1) is 17.5. The maximum Gasteiger partial charge on any atom is 0.254 e. The number of amides is 2. The number of hydrogen-bond acceptors (Lipinski definition) is 5. The lowest BCUT2D eigenvalue weighted by atomic mass is 10.1. The largest absolute Gasteiger partial charge is 0.454 e. The van der Waals surface area contributed by atoms with E-state index in [0.29, 0.717) is 62.9 Å². The van der Waals surface area contributed by atoms with E-state index in [2.05, 4.69) is 0 Å². The quantitative estimate of drug-likeness (QED) is 0.755. The second-order valence-electron chi connectivity index (χ2n) is 6.04. The molecule has 0 aliphatic carbocycles. The number of nitrogens with zero attached hydrogens (tertiary/aromatic N) is 2. The molecule has 0 N–H and O–H groups in total. The molecule has 1 aromatic carbocycles. The molecule has 0 spiro atoms. The van der Waals surface area contributed by atoms with Gasteiger partial charge in [0.25, 0.3) is 5.91 Å². The average molecular weight is 348 g/mol. The highest BCUT2D eigenvalue weighted by Crippen LogP contribution is 2.32. The van der Waals surface area contributed by atoms with Crippen molar-refractivity contribution in [1.82, 2.24) is 9.80 Å². The lowest BCUT2D eigenvalue weighted by molar-refractivity contribution is -0.132. The zero-order valence-electron chi connectivity index (χ0n) is 14.5. The molecule has 136 valence electrons. The average Bonchev–Trinajstić information content (AvgIpc) is 2.95. The summed E-state index contributed by atoms with van der Waals surface area (Å²) in [6.07, 6.45) is 1.17. The van der Waals surface area contributed by atoms with Crippen LogP contribution in [-0.2, 0) is 9.53 Å². The molecule has 25 heavy (non-hydrogen) atoms. The van der Waals surface area contributed by atoms with E-state index in [9.17, 15) is 9.59 Å². The third kappa shape index (κ3) is 4.22. The molecule has 7 heteroatoms. The SMILES string of the molecule is CCOCCC(=O)N1CCCN(C(=O)c2ccc3c(c2)OCO3)CC1. The Balaban J connectivity index is 1.57. The maximum absolute atomic E-state index is 12.7. The Morgan fingerprint density at radius 3 is 2.68 bits per heavy atom. The fraction of sp³-hybridized carbons (Fsp3) is 0.556. The summed E-state index contributed by atoms with van der Waals surface area (Å²) in [5.74, 6) is 1.32. The van der Waals surface area contributed by atoms with Crippen LogP contribution < -0.4 is 9.47 Å². The molecule has 0 saturated carbocycles. The van der Waals surface area contributed by atoms with Crippen molar-refractivity contribution in [2.24, 2.45) is 0 Å². The molecule has 0 unspecified atom stereocenters. The summed E-state index contributed by atoms with van der Waals surface area (Å²) < 4.78 is 15.9. The van der Waals surface area contributed by atoms with Gasteiger partial charge in [0, 0.05) is 38.3 Å². The van der Waals surface area contributed by atoms with Crippen LogP contribution in [0.5, 0.6) is 11.5 Å². The molecule has 7 nitrogen and oxygen atoms in total. The van der Waals surface area contributed by atoms with Gasteiger partial charge in [-0.15, -0.1) is 0 Å². The van der Waals surface area contributed by atoms with Gasteiger partial charge in [-0.25, -0.2) is 0 Å². The van der Waals surface area contributed by atoms with Crippen molar-refractivity contribution in [2.75, 3.05) is 46.2 Å². The number of fused-ring (bicyclic) bond motifs is 1. The van der Waals surface area contributed by atoms with Crippen LogP contribution in [0.15, 0.2) is 18.2 Å². The number of rotatable bonds is 5. The van der Waals surface area contributed by atoms with Gasteiger partial charge in [0.05, 0.1) is 13.0 Å². The Bertz CT molecular complexity index is 634. The molecule has 0 bridgehead atoms. The van der Waals surface area contributed by atoms with Crippen molar-refractivity contribution in [1.29, 1.82) is 0 Å². The number of benzene rings is 1. The summed E-state index contributed by atoms with van der Waals surface area (Å²) in [6, 6.07) is 5.24. The Hall–Kier alpha value is -2.28. The highest BCUT2D eigenvalue weighted by molar-refractivity contribution is 5.95. The second kappa shape index (κ2) is 8.20. The molecule has 2 aliphatic heterocycles. The molecule has 0 radical (unpaired) electrons. The Labute approximate surface area is 147 Å². The van der Waals surface area contributed by atoms with Gasteiger partial charge < -0.3 is 24.0 Å². The van der Waals surface area contributed by atoms with E-state index in [-0.39, 0.29) is 18.6 Å². The van der Waals surface area contributed by atoms with Crippen molar-refractivity contribution >= 4 is 11.8 Å². The molecule has 3 rings (SSSR count). The fourth-order valence-electron chi connectivity index (χ4n) is 3.04. The van der Waals surface area contributed by atoms with Gasteiger partial charge in [0.15, 0.2) is 11.5 Å². The monoisotopic (exact) mass is 348 g/mol. The van der Waals surface area contributed by atoms with Crippen LogP contribution in [0.2, 0.25) is 0 Å². The van der Waals surface area contributed by atoms with E-state index < -0.39 is 0 Å². The Morgan fingerprint density at radius 2 is 1.84 bits per heavy atom. The lowest BCUT2D eigenvalue weighted by Gasteiger charge is -2.22. The molecule has 1 fully saturated rings. The van der Waals surface area contributed by atoms with Crippen molar-refractivity contribution in [3.8, 4) is 11.5 Å². The predicted molar refractivity (Wildman–Crippen MR) is 90.8 cm³/mol. The third-order valence-corrected chi connectivity index (χ3v) is 4.42. The fourth-order valence-corrected chi connectivity index (χ4v) is 3.04. The summed E-state index contributed by atoms with van der Waals surface area (Å²) in [5.41, 5.74) is 0.584. The van der Waals surface area contributed by atoms with Crippen LogP contribution in [0.4, 0.5) is 0 Å². The summed E-state index contributed by atoms with van der Waals surface area (Å²) in [7, 11) is 0. The number of hydrogen-bond donors (Lipinski definition) is 0. The first-order valence-electron chi connectivity index (χ1n) is 8.73. The van der Waals surface area contributed by atoms with E-state index in [0.717, 1.165) is 6.42 Å². The predicted octanol–water partition coefficient (Wildman–Crippen LogP) is 1.52. The zero-order valence-corrected chi connectivity index (χ0v) is 14.5.